The van der Waals surface area contributed by atoms with E-state index in [0.717, 1.165) is 16.9 Å². The molecule has 0 bridgehead atoms. The van der Waals surface area contributed by atoms with Crippen molar-refractivity contribution in [1.29, 1.82) is 0 Å². The fraction of sp³-hybridized carbons (Fsp3) is 0.154. The van der Waals surface area contributed by atoms with Gasteiger partial charge in [0.1, 0.15) is 11.5 Å². The quantitative estimate of drug-likeness (QED) is 0.907. The summed E-state index contributed by atoms with van der Waals surface area (Å²) in [6.07, 6.45) is 3.43. The zero-order valence-corrected chi connectivity index (χ0v) is 10.2. The van der Waals surface area contributed by atoms with Crippen molar-refractivity contribution in [1.82, 2.24) is 4.98 Å². The number of halogens is 1. The van der Waals surface area contributed by atoms with Crippen LogP contribution in [0.5, 0.6) is 11.5 Å². The molecule has 2 aromatic rings. The third kappa shape index (κ3) is 2.75. The highest BCUT2D eigenvalue weighted by Gasteiger charge is 2.05. The molecule has 0 aliphatic carbocycles. The predicted molar refractivity (Wildman–Crippen MR) is 68.4 cm³/mol. The molecule has 88 valence electrons. The molecule has 2 N–H and O–H groups in total. The predicted octanol–water partition coefficient (Wildman–Crippen LogP) is 3.29. The number of ether oxygens (including phenoxy) is 1. The van der Waals surface area contributed by atoms with E-state index >= 15 is 0 Å². The van der Waals surface area contributed by atoms with E-state index in [-0.39, 0.29) is 0 Å². The molecule has 4 heteroatoms. The second-order valence-electron chi connectivity index (χ2n) is 3.71. The van der Waals surface area contributed by atoms with Gasteiger partial charge in [-0.2, -0.15) is 0 Å². The average Bonchev–Trinajstić information content (AvgIpc) is 2.34. The fourth-order valence-electron chi connectivity index (χ4n) is 1.45. The minimum absolute atomic E-state index is 0.467. The molecular weight excluding hydrogens is 236 g/mol. The highest BCUT2D eigenvalue weighted by molar-refractivity contribution is 6.32. The van der Waals surface area contributed by atoms with Crippen molar-refractivity contribution in [2.45, 2.75) is 13.5 Å². The largest absolute Gasteiger partial charge is 0.455 e. The summed E-state index contributed by atoms with van der Waals surface area (Å²) >= 11 is 6.11. The molecule has 0 spiro atoms. The van der Waals surface area contributed by atoms with E-state index in [9.17, 15) is 0 Å². The lowest BCUT2D eigenvalue weighted by Gasteiger charge is -2.10. The fourth-order valence-corrected chi connectivity index (χ4v) is 1.69. The molecule has 0 saturated carbocycles. The Labute approximate surface area is 105 Å². The lowest BCUT2D eigenvalue weighted by molar-refractivity contribution is 0.478. The Hall–Kier alpha value is -1.58. The molecule has 1 heterocycles. The summed E-state index contributed by atoms with van der Waals surface area (Å²) in [5.74, 6) is 1.38. The van der Waals surface area contributed by atoms with Crippen LogP contribution in [0.25, 0.3) is 0 Å². The van der Waals surface area contributed by atoms with Crippen molar-refractivity contribution < 1.29 is 4.74 Å². The molecule has 0 unspecified atom stereocenters. The van der Waals surface area contributed by atoms with Crippen LogP contribution >= 0.6 is 11.6 Å². The minimum atomic E-state index is 0.467. The van der Waals surface area contributed by atoms with Gasteiger partial charge in [-0.1, -0.05) is 17.7 Å². The molecule has 0 amide bonds. The van der Waals surface area contributed by atoms with Crippen molar-refractivity contribution in [3.05, 3.63) is 52.8 Å². The Kier molecular flexibility index (Phi) is 3.61. The van der Waals surface area contributed by atoms with Crippen molar-refractivity contribution in [3.63, 3.8) is 0 Å². The van der Waals surface area contributed by atoms with Gasteiger partial charge in [0.25, 0.3) is 0 Å². The van der Waals surface area contributed by atoms with E-state index in [1.54, 1.807) is 12.4 Å². The van der Waals surface area contributed by atoms with Gasteiger partial charge in [-0.15, -0.1) is 0 Å². The second-order valence-corrected chi connectivity index (χ2v) is 4.12. The summed E-state index contributed by atoms with van der Waals surface area (Å²) in [6.45, 7) is 2.40. The van der Waals surface area contributed by atoms with E-state index in [1.807, 2.05) is 31.2 Å². The number of aryl methyl sites for hydroxylation is 1. The number of aromatic nitrogens is 1. The Bertz CT molecular complexity index is 529. The first-order chi connectivity index (χ1) is 8.20. The summed E-state index contributed by atoms with van der Waals surface area (Å²) in [4.78, 5) is 4.01. The maximum atomic E-state index is 6.11. The smallest absolute Gasteiger partial charge is 0.146 e. The lowest BCUT2D eigenvalue weighted by atomic mass is 10.2. The first-order valence-electron chi connectivity index (χ1n) is 5.27. The summed E-state index contributed by atoms with van der Waals surface area (Å²) in [6, 6.07) is 7.35. The van der Waals surface area contributed by atoms with Gasteiger partial charge in [0, 0.05) is 24.5 Å². The molecule has 0 aliphatic heterocycles. The van der Waals surface area contributed by atoms with Gasteiger partial charge < -0.3 is 10.5 Å². The third-order valence-corrected chi connectivity index (χ3v) is 2.72. The van der Waals surface area contributed by atoms with Crippen molar-refractivity contribution in [3.8, 4) is 11.5 Å². The van der Waals surface area contributed by atoms with E-state index < -0.39 is 0 Å². The summed E-state index contributed by atoms with van der Waals surface area (Å²) in [5, 5.41) is 0.559. The van der Waals surface area contributed by atoms with Crippen LogP contribution in [0.15, 0.2) is 36.7 Å². The van der Waals surface area contributed by atoms with Crippen LogP contribution in [0.1, 0.15) is 11.1 Å². The zero-order valence-electron chi connectivity index (χ0n) is 9.48. The molecule has 2 rings (SSSR count). The maximum absolute atomic E-state index is 6.11. The first-order valence-corrected chi connectivity index (χ1v) is 5.65. The van der Waals surface area contributed by atoms with Crippen LogP contribution in [0.3, 0.4) is 0 Å². The van der Waals surface area contributed by atoms with Gasteiger partial charge in [-0.05, 0) is 30.7 Å². The molecular formula is C13H13ClN2O. The molecule has 0 aliphatic rings. The van der Waals surface area contributed by atoms with E-state index in [1.165, 1.54) is 0 Å². The van der Waals surface area contributed by atoms with Crippen LogP contribution in [0.4, 0.5) is 0 Å². The van der Waals surface area contributed by atoms with Gasteiger partial charge in [0.05, 0.1) is 5.02 Å². The molecule has 0 atom stereocenters. The van der Waals surface area contributed by atoms with Gasteiger partial charge >= 0.3 is 0 Å². The van der Waals surface area contributed by atoms with Crippen LogP contribution in [-0.2, 0) is 6.54 Å². The first kappa shape index (κ1) is 11.9. The average molecular weight is 249 g/mol. The molecule has 3 nitrogen and oxygen atoms in total. The van der Waals surface area contributed by atoms with Crippen LogP contribution in [0.2, 0.25) is 5.02 Å². The maximum Gasteiger partial charge on any atom is 0.146 e. The molecule has 0 saturated heterocycles. The number of rotatable bonds is 3. The van der Waals surface area contributed by atoms with Crippen molar-refractivity contribution >= 4 is 11.6 Å². The van der Waals surface area contributed by atoms with Crippen LogP contribution in [0, 0.1) is 6.92 Å². The minimum Gasteiger partial charge on any atom is -0.455 e. The SMILES string of the molecule is Cc1cnccc1Oc1ccc(CN)cc1Cl. The highest BCUT2D eigenvalue weighted by Crippen LogP contribution is 2.31. The number of hydrogen-bond acceptors (Lipinski definition) is 3. The Morgan fingerprint density at radius 1 is 1.29 bits per heavy atom. The Balaban J connectivity index is 2.28. The topological polar surface area (TPSA) is 48.1 Å². The third-order valence-electron chi connectivity index (χ3n) is 2.42. The highest BCUT2D eigenvalue weighted by atomic mass is 35.5. The normalized spacial score (nSPS) is 10.3. The molecule has 0 radical (unpaired) electrons. The standard InChI is InChI=1S/C13H13ClN2O/c1-9-8-16-5-4-12(9)17-13-3-2-10(7-15)6-11(13)14/h2-6,8H,7,15H2,1H3. The number of hydrogen-bond donors (Lipinski definition) is 1. The number of nitrogens with zero attached hydrogens (tertiary/aromatic N) is 1. The van der Waals surface area contributed by atoms with Crippen LogP contribution in [-0.4, -0.2) is 4.98 Å². The molecule has 17 heavy (non-hydrogen) atoms. The summed E-state index contributed by atoms with van der Waals surface area (Å²) < 4.78 is 5.73. The van der Waals surface area contributed by atoms with E-state index in [4.69, 9.17) is 22.1 Å². The lowest BCUT2D eigenvalue weighted by Crippen LogP contribution is -1.96. The zero-order chi connectivity index (χ0) is 12.3. The van der Waals surface area contributed by atoms with E-state index in [2.05, 4.69) is 4.98 Å². The van der Waals surface area contributed by atoms with Gasteiger partial charge in [0.2, 0.25) is 0 Å². The second kappa shape index (κ2) is 5.17. The summed E-state index contributed by atoms with van der Waals surface area (Å²) in [7, 11) is 0. The number of nitrogens with two attached hydrogens (primary N) is 1. The Morgan fingerprint density at radius 2 is 2.12 bits per heavy atom. The van der Waals surface area contributed by atoms with Crippen LogP contribution < -0.4 is 10.5 Å². The Morgan fingerprint density at radius 3 is 2.76 bits per heavy atom. The number of benzene rings is 1. The number of pyridine rings is 1. The van der Waals surface area contributed by atoms with Crippen molar-refractivity contribution in [2.75, 3.05) is 0 Å². The van der Waals surface area contributed by atoms with Gasteiger partial charge in [-0.25, -0.2) is 0 Å². The molecule has 1 aromatic heterocycles. The van der Waals surface area contributed by atoms with E-state index in [0.29, 0.717) is 17.3 Å². The monoisotopic (exact) mass is 248 g/mol. The molecule has 1 aromatic carbocycles. The van der Waals surface area contributed by atoms with Crippen molar-refractivity contribution in [2.24, 2.45) is 5.73 Å². The van der Waals surface area contributed by atoms with Gasteiger partial charge in [-0.3, -0.25) is 4.98 Å². The summed E-state index contributed by atoms with van der Waals surface area (Å²) in [5.41, 5.74) is 7.48. The van der Waals surface area contributed by atoms with Gasteiger partial charge in [0.15, 0.2) is 0 Å². The molecule has 0 fully saturated rings.